The Labute approximate surface area is 80.6 Å². The van der Waals surface area contributed by atoms with Crippen molar-refractivity contribution in [2.75, 3.05) is 14.2 Å². The average molecular weight is 187 g/mol. The molecular formula is C10H21NO2. The fourth-order valence-electron chi connectivity index (χ4n) is 2.19. The van der Waals surface area contributed by atoms with Crippen LogP contribution < -0.4 is 5.73 Å². The summed E-state index contributed by atoms with van der Waals surface area (Å²) in [6.45, 7) is 0. The molecule has 1 saturated carbocycles. The van der Waals surface area contributed by atoms with E-state index in [-0.39, 0.29) is 12.3 Å². The molecule has 3 nitrogen and oxygen atoms in total. The number of nitrogens with two attached hydrogens (primary N) is 1. The van der Waals surface area contributed by atoms with Gasteiger partial charge in [-0.3, -0.25) is 0 Å². The van der Waals surface area contributed by atoms with Crippen molar-refractivity contribution in [3.05, 3.63) is 0 Å². The van der Waals surface area contributed by atoms with E-state index in [1.807, 2.05) is 0 Å². The molecule has 0 aromatic rings. The van der Waals surface area contributed by atoms with E-state index in [2.05, 4.69) is 0 Å². The number of ether oxygens (including phenoxy) is 2. The first-order valence-electron chi connectivity index (χ1n) is 5.09. The van der Waals surface area contributed by atoms with Crippen LogP contribution in [0.3, 0.4) is 0 Å². The zero-order valence-electron chi connectivity index (χ0n) is 8.66. The summed E-state index contributed by atoms with van der Waals surface area (Å²) in [5.74, 6) is 0.794. The van der Waals surface area contributed by atoms with Crippen molar-refractivity contribution in [2.45, 2.75) is 44.4 Å². The Balaban J connectivity index is 2.25. The van der Waals surface area contributed by atoms with Crippen LogP contribution in [0.1, 0.15) is 32.1 Å². The average Bonchev–Trinajstić information content (AvgIpc) is 2.59. The van der Waals surface area contributed by atoms with Crippen molar-refractivity contribution in [3.8, 4) is 0 Å². The summed E-state index contributed by atoms with van der Waals surface area (Å²) in [4.78, 5) is 0. The lowest BCUT2D eigenvalue weighted by molar-refractivity contribution is -0.119. The molecule has 13 heavy (non-hydrogen) atoms. The fourth-order valence-corrected chi connectivity index (χ4v) is 2.19. The predicted octanol–water partition coefficient (Wildman–Crippen LogP) is 1.51. The molecule has 0 aromatic carbocycles. The zero-order valence-corrected chi connectivity index (χ0v) is 8.66. The molecule has 0 aromatic heterocycles. The number of rotatable bonds is 5. The SMILES string of the molecule is COC(OC)C(N)CC1CCCC1. The maximum atomic E-state index is 5.97. The summed E-state index contributed by atoms with van der Waals surface area (Å²) in [7, 11) is 3.28. The van der Waals surface area contributed by atoms with Crippen molar-refractivity contribution in [3.63, 3.8) is 0 Å². The molecule has 1 rings (SSSR count). The number of hydrogen-bond donors (Lipinski definition) is 1. The van der Waals surface area contributed by atoms with Gasteiger partial charge in [-0.2, -0.15) is 0 Å². The Kier molecular flexibility index (Phi) is 4.70. The Hall–Kier alpha value is -0.120. The highest BCUT2D eigenvalue weighted by atomic mass is 16.7. The van der Waals surface area contributed by atoms with Gasteiger partial charge in [-0.05, 0) is 12.3 Å². The molecule has 0 aliphatic heterocycles. The van der Waals surface area contributed by atoms with Gasteiger partial charge in [0.15, 0.2) is 6.29 Å². The van der Waals surface area contributed by atoms with Gasteiger partial charge in [-0.15, -0.1) is 0 Å². The first-order chi connectivity index (χ1) is 6.27. The molecule has 1 aliphatic rings. The molecule has 0 amide bonds. The van der Waals surface area contributed by atoms with Crippen molar-refractivity contribution in [2.24, 2.45) is 11.7 Å². The quantitative estimate of drug-likeness (QED) is 0.664. The van der Waals surface area contributed by atoms with E-state index in [1.165, 1.54) is 25.7 Å². The molecule has 0 bridgehead atoms. The first kappa shape index (κ1) is 11.0. The maximum Gasteiger partial charge on any atom is 0.171 e. The van der Waals surface area contributed by atoms with Crippen molar-refractivity contribution in [1.29, 1.82) is 0 Å². The van der Waals surface area contributed by atoms with Gasteiger partial charge < -0.3 is 15.2 Å². The van der Waals surface area contributed by atoms with E-state index in [9.17, 15) is 0 Å². The summed E-state index contributed by atoms with van der Waals surface area (Å²) >= 11 is 0. The Morgan fingerprint density at radius 1 is 1.23 bits per heavy atom. The largest absolute Gasteiger partial charge is 0.354 e. The summed E-state index contributed by atoms with van der Waals surface area (Å²) in [5, 5.41) is 0. The lowest BCUT2D eigenvalue weighted by atomic mass is 9.98. The third kappa shape index (κ3) is 3.25. The van der Waals surface area contributed by atoms with Crippen molar-refractivity contribution in [1.82, 2.24) is 0 Å². The van der Waals surface area contributed by atoms with Gasteiger partial charge in [0.25, 0.3) is 0 Å². The molecule has 0 radical (unpaired) electrons. The third-order valence-electron chi connectivity index (χ3n) is 2.89. The lowest BCUT2D eigenvalue weighted by Crippen LogP contribution is -2.38. The molecule has 0 heterocycles. The van der Waals surface area contributed by atoms with Gasteiger partial charge >= 0.3 is 0 Å². The third-order valence-corrected chi connectivity index (χ3v) is 2.89. The number of hydrogen-bond acceptors (Lipinski definition) is 3. The Morgan fingerprint density at radius 2 is 1.77 bits per heavy atom. The molecule has 78 valence electrons. The number of methoxy groups -OCH3 is 2. The standard InChI is InChI=1S/C10H21NO2/c1-12-10(13-2)9(11)7-8-5-3-4-6-8/h8-10H,3-7,11H2,1-2H3. The lowest BCUT2D eigenvalue weighted by Gasteiger charge is -2.23. The van der Waals surface area contributed by atoms with Crippen LogP contribution in [0.4, 0.5) is 0 Å². The second-order valence-corrected chi connectivity index (χ2v) is 3.89. The van der Waals surface area contributed by atoms with E-state index in [1.54, 1.807) is 14.2 Å². The Morgan fingerprint density at radius 3 is 2.23 bits per heavy atom. The van der Waals surface area contributed by atoms with Crippen molar-refractivity contribution >= 4 is 0 Å². The molecule has 1 unspecified atom stereocenters. The molecule has 3 heteroatoms. The van der Waals surface area contributed by atoms with E-state index in [4.69, 9.17) is 15.2 Å². The van der Waals surface area contributed by atoms with E-state index < -0.39 is 0 Å². The van der Waals surface area contributed by atoms with E-state index >= 15 is 0 Å². The summed E-state index contributed by atoms with van der Waals surface area (Å²) in [6, 6.07) is 0.0260. The Bertz CT molecular complexity index is 131. The molecule has 0 spiro atoms. The molecule has 1 atom stereocenters. The minimum atomic E-state index is -0.236. The highest BCUT2D eigenvalue weighted by Gasteiger charge is 2.23. The topological polar surface area (TPSA) is 44.5 Å². The van der Waals surface area contributed by atoms with Crippen LogP contribution in [-0.4, -0.2) is 26.6 Å². The fraction of sp³-hybridized carbons (Fsp3) is 1.00. The van der Waals surface area contributed by atoms with Gasteiger partial charge in [0.05, 0.1) is 6.04 Å². The minimum absolute atomic E-state index is 0.0260. The minimum Gasteiger partial charge on any atom is -0.354 e. The highest BCUT2D eigenvalue weighted by Crippen LogP contribution is 2.28. The van der Waals surface area contributed by atoms with Crippen LogP contribution in [0.5, 0.6) is 0 Å². The highest BCUT2D eigenvalue weighted by molar-refractivity contribution is 4.75. The normalized spacial score (nSPS) is 21.2. The van der Waals surface area contributed by atoms with Gasteiger partial charge in [0.1, 0.15) is 0 Å². The summed E-state index contributed by atoms with van der Waals surface area (Å²) in [5.41, 5.74) is 5.97. The van der Waals surface area contributed by atoms with E-state index in [0.717, 1.165) is 12.3 Å². The van der Waals surface area contributed by atoms with Gasteiger partial charge in [0.2, 0.25) is 0 Å². The second kappa shape index (κ2) is 5.58. The van der Waals surface area contributed by atoms with Crippen LogP contribution in [-0.2, 0) is 9.47 Å². The zero-order chi connectivity index (χ0) is 9.68. The molecule has 1 fully saturated rings. The second-order valence-electron chi connectivity index (χ2n) is 3.89. The predicted molar refractivity (Wildman–Crippen MR) is 52.4 cm³/mol. The monoisotopic (exact) mass is 187 g/mol. The van der Waals surface area contributed by atoms with Crippen LogP contribution in [0.15, 0.2) is 0 Å². The van der Waals surface area contributed by atoms with Crippen LogP contribution in [0.2, 0.25) is 0 Å². The molecular weight excluding hydrogens is 166 g/mol. The van der Waals surface area contributed by atoms with Crippen LogP contribution >= 0.6 is 0 Å². The molecule has 0 saturated heterocycles. The van der Waals surface area contributed by atoms with Gasteiger partial charge in [-0.1, -0.05) is 25.7 Å². The van der Waals surface area contributed by atoms with Crippen LogP contribution in [0, 0.1) is 5.92 Å². The van der Waals surface area contributed by atoms with E-state index in [0.29, 0.717) is 0 Å². The molecule has 2 N–H and O–H groups in total. The van der Waals surface area contributed by atoms with Crippen molar-refractivity contribution < 1.29 is 9.47 Å². The molecule has 1 aliphatic carbocycles. The smallest absolute Gasteiger partial charge is 0.171 e. The van der Waals surface area contributed by atoms with Crippen LogP contribution in [0.25, 0.3) is 0 Å². The van der Waals surface area contributed by atoms with Gasteiger partial charge in [0, 0.05) is 14.2 Å². The van der Waals surface area contributed by atoms with Gasteiger partial charge in [-0.25, -0.2) is 0 Å². The summed E-state index contributed by atoms with van der Waals surface area (Å²) in [6.07, 6.45) is 6.18. The first-order valence-corrected chi connectivity index (χ1v) is 5.09. The maximum absolute atomic E-state index is 5.97. The summed E-state index contributed by atoms with van der Waals surface area (Å²) < 4.78 is 10.2.